The zero-order chi connectivity index (χ0) is 29.9. The lowest BCUT2D eigenvalue weighted by atomic mass is 9.95. The summed E-state index contributed by atoms with van der Waals surface area (Å²) in [6, 6.07) is 9.92. The van der Waals surface area contributed by atoms with E-state index >= 15 is 0 Å². The summed E-state index contributed by atoms with van der Waals surface area (Å²) >= 11 is 0.828. The van der Waals surface area contributed by atoms with Gasteiger partial charge in [-0.15, -0.1) is 0 Å². The Hall–Kier alpha value is -3.79. The highest BCUT2D eigenvalue weighted by molar-refractivity contribution is 7.09. The molecule has 1 atom stereocenters. The number of nitrogens with zero attached hydrogens (tertiary/aromatic N) is 2. The number of carbonyl (C=O) groups is 3. The Kier molecular flexibility index (Phi) is 9.11. The summed E-state index contributed by atoms with van der Waals surface area (Å²) in [5.74, 6) is -1.91. The van der Waals surface area contributed by atoms with Crippen molar-refractivity contribution in [2.24, 2.45) is 0 Å². The molecule has 0 unspecified atom stereocenters. The van der Waals surface area contributed by atoms with Gasteiger partial charge in [-0.05, 0) is 88.3 Å². The molecular formula is C31H38FN5O3S. The molecule has 10 heteroatoms. The van der Waals surface area contributed by atoms with Gasteiger partial charge >= 0.3 is 0 Å². The fourth-order valence-corrected chi connectivity index (χ4v) is 5.90. The fraction of sp³-hybridized carbons (Fsp3) is 0.419. The first-order chi connectivity index (χ1) is 19.4. The third kappa shape index (κ3) is 7.11. The number of benzene rings is 2. The predicted molar refractivity (Wildman–Crippen MR) is 161 cm³/mol. The largest absolute Gasteiger partial charge is 0.395 e. The molecule has 1 aliphatic carbocycles. The van der Waals surface area contributed by atoms with Gasteiger partial charge in [0.2, 0.25) is 5.91 Å². The van der Waals surface area contributed by atoms with Gasteiger partial charge in [-0.1, -0.05) is 49.1 Å². The Morgan fingerprint density at radius 1 is 1.05 bits per heavy atom. The van der Waals surface area contributed by atoms with Crippen LogP contribution in [0.3, 0.4) is 0 Å². The van der Waals surface area contributed by atoms with Gasteiger partial charge in [0.15, 0.2) is 5.69 Å². The molecule has 41 heavy (non-hydrogen) atoms. The van der Waals surface area contributed by atoms with E-state index in [2.05, 4.69) is 15.0 Å². The second-order valence-corrected chi connectivity index (χ2v) is 12.5. The van der Waals surface area contributed by atoms with Crippen molar-refractivity contribution >= 4 is 40.6 Å². The van der Waals surface area contributed by atoms with Crippen LogP contribution in [-0.4, -0.2) is 33.7 Å². The number of hydrogen-bond donors (Lipinski definition) is 3. The van der Waals surface area contributed by atoms with Gasteiger partial charge < -0.3 is 16.4 Å². The predicted octanol–water partition coefficient (Wildman–Crippen LogP) is 5.85. The van der Waals surface area contributed by atoms with Gasteiger partial charge in [0, 0.05) is 17.3 Å². The molecule has 0 saturated heterocycles. The van der Waals surface area contributed by atoms with E-state index in [1.54, 1.807) is 6.07 Å². The molecule has 0 bridgehead atoms. The van der Waals surface area contributed by atoms with Crippen LogP contribution >= 0.6 is 11.5 Å². The third-order valence-corrected chi connectivity index (χ3v) is 7.95. The van der Waals surface area contributed by atoms with Crippen molar-refractivity contribution in [3.63, 3.8) is 0 Å². The van der Waals surface area contributed by atoms with E-state index in [4.69, 9.17) is 5.73 Å². The number of amides is 3. The highest BCUT2D eigenvalue weighted by atomic mass is 32.1. The molecule has 4 rings (SSSR count). The van der Waals surface area contributed by atoms with E-state index < -0.39 is 35.1 Å². The number of hydrogen-bond acceptors (Lipinski definition) is 6. The minimum atomic E-state index is -1.16. The summed E-state index contributed by atoms with van der Waals surface area (Å²) in [5, 5.41) is 5.97. The SMILES string of the molecule is Cc1ccc(N(C(=O)c2snc(C(=O)NC3CCCCC3)c2N)[C@@H](C(=O)NC(C)(C)C)c2ccc(F)cc2)c(C)c1. The molecule has 3 aromatic rings. The number of nitrogen functional groups attached to an aromatic ring is 1. The number of nitrogens with two attached hydrogens (primary N) is 1. The first kappa shape index (κ1) is 30.2. The Bertz CT molecular complexity index is 1420. The molecule has 1 aromatic heterocycles. The maximum absolute atomic E-state index is 14.4. The Labute approximate surface area is 244 Å². The number of aromatic nitrogens is 1. The molecule has 1 fully saturated rings. The van der Waals surface area contributed by atoms with E-state index in [0.717, 1.165) is 54.8 Å². The summed E-state index contributed by atoms with van der Waals surface area (Å²) in [4.78, 5) is 42.8. The van der Waals surface area contributed by atoms with Crippen LogP contribution in [0, 0.1) is 19.7 Å². The monoisotopic (exact) mass is 579 g/mol. The minimum absolute atomic E-state index is 0.00183. The lowest BCUT2D eigenvalue weighted by Crippen LogP contribution is -2.49. The van der Waals surface area contributed by atoms with Crippen LogP contribution in [0.4, 0.5) is 15.8 Å². The highest BCUT2D eigenvalue weighted by Crippen LogP contribution is 2.35. The van der Waals surface area contributed by atoms with Crippen LogP contribution in [0.1, 0.15) is 95.8 Å². The van der Waals surface area contributed by atoms with Crippen molar-refractivity contribution < 1.29 is 18.8 Å². The van der Waals surface area contributed by atoms with Gasteiger partial charge in [0.25, 0.3) is 11.8 Å². The number of halogens is 1. The number of aryl methyl sites for hydroxylation is 2. The first-order valence-electron chi connectivity index (χ1n) is 13.9. The maximum Gasteiger partial charge on any atom is 0.273 e. The molecule has 0 radical (unpaired) electrons. The maximum atomic E-state index is 14.4. The Morgan fingerprint density at radius 3 is 2.32 bits per heavy atom. The van der Waals surface area contributed by atoms with Gasteiger partial charge in [-0.25, -0.2) is 4.39 Å². The van der Waals surface area contributed by atoms with Crippen LogP contribution in [0.15, 0.2) is 42.5 Å². The molecule has 0 spiro atoms. The summed E-state index contributed by atoms with van der Waals surface area (Å²) < 4.78 is 18.2. The minimum Gasteiger partial charge on any atom is -0.395 e. The zero-order valence-electron chi connectivity index (χ0n) is 24.2. The van der Waals surface area contributed by atoms with Crippen LogP contribution < -0.4 is 21.3 Å². The average molecular weight is 580 g/mol. The van der Waals surface area contributed by atoms with E-state index in [9.17, 15) is 18.8 Å². The molecule has 218 valence electrons. The number of rotatable bonds is 7. The van der Waals surface area contributed by atoms with Crippen molar-refractivity contribution in [1.82, 2.24) is 15.0 Å². The van der Waals surface area contributed by atoms with Gasteiger partial charge in [0.05, 0.1) is 5.69 Å². The summed E-state index contributed by atoms with van der Waals surface area (Å²) in [6.45, 7) is 9.31. The second-order valence-electron chi connectivity index (χ2n) is 11.7. The van der Waals surface area contributed by atoms with E-state index in [1.807, 2.05) is 46.8 Å². The summed E-state index contributed by atoms with van der Waals surface area (Å²) in [5.41, 5.74) is 8.42. The molecule has 8 nitrogen and oxygen atoms in total. The van der Waals surface area contributed by atoms with Gasteiger partial charge in [0.1, 0.15) is 16.7 Å². The van der Waals surface area contributed by atoms with Crippen molar-refractivity contribution in [2.45, 2.75) is 84.3 Å². The van der Waals surface area contributed by atoms with Crippen molar-refractivity contribution in [3.05, 3.63) is 75.5 Å². The lowest BCUT2D eigenvalue weighted by molar-refractivity contribution is -0.123. The van der Waals surface area contributed by atoms with Crippen LogP contribution in [0.25, 0.3) is 0 Å². The second kappa shape index (κ2) is 12.4. The molecule has 4 N–H and O–H groups in total. The number of carbonyl (C=O) groups excluding carboxylic acids is 3. The first-order valence-corrected chi connectivity index (χ1v) is 14.7. The lowest BCUT2D eigenvalue weighted by Gasteiger charge is -2.34. The zero-order valence-corrected chi connectivity index (χ0v) is 25.0. The van der Waals surface area contributed by atoms with Crippen molar-refractivity contribution in [2.75, 3.05) is 10.6 Å². The summed E-state index contributed by atoms with van der Waals surface area (Å²) in [7, 11) is 0. The van der Waals surface area contributed by atoms with E-state index in [0.29, 0.717) is 11.3 Å². The molecule has 1 saturated carbocycles. The van der Waals surface area contributed by atoms with Crippen LogP contribution in [-0.2, 0) is 4.79 Å². The van der Waals surface area contributed by atoms with E-state index in [1.165, 1.54) is 29.2 Å². The van der Waals surface area contributed by atoms with Crippen LogP contribution in [0.5, 0.6) is 0 Å². The highest BCUT2D eigenvalue weighted by Gasteiger charge is 2.38. The molecule has 0 aliphatic heterocycles. The Morgan fingerprint density at radius 2 is 1.71 bits per heavy atom. The quantitative estimate of drug-likeness (QED) is 0.325. The standard InChI is InChI=1S/C31H38FN5O3S/c1-18-11-16-23(19(2)17-18)37(26(29(39)35-31(3,4)5)20-12-14-21(32)15-13-20)30(40)27-24(33)25(36-41-27)28(38)34-22-9-7-6-8-10-22/h11-17,22,26H,6-10,33H2,1-5H3,(H,34,38)(H,35,39)/t26-/m1/s1. The molecule has 1 heterocycles. The van der Waals surface area contributed by atoms with Crippen molar-refractivity contribution in [3.8, 4) is 0 Å². The third-order valence-electron chi connectivity index (χ3n) is 7.10. The number of anilines is 2. The normalized spacial score (nSPS) is 14.8. The van der Waals surface area contributed by atoms with Crippen LogP contribution in [0.2, 0.25) is 0 Å². The van der Waals surface area contributed by atoms with Crippen molar-refractivity contribution in [1.29, 1.82) is 0 Å². The van der Waals surface area contributed by atoms with Gasteiger partial charge in [-0.2, -0.15) is 4.37 Å². The fourth-order valence-electron chi connectivity index (χ4n) is 5.17. The molecule has 1 aliphatic rings. The molecule has 2 aromatic carbocycles. The van der Waals surface area contributed by atoms with E-state index in [-0.39, 0.29) is 22.3 Å². The molecule has 3 amide bonds. The molecular weight excluding hydrogens is 541 g/mol. The smallest absolute Gasteiger partial charge is 0.273 e. The summed E-state index contributed by atoms with van der Waals surface area (Å²) in [6.07, 6.45) is 5.03. The number of nitrogens with one attached hydrogen (secondary N) is 2. The average Bonchev–Trinajstić information content (AvgIpc) is 3.29. The topological polar surface area (TPSA) is 117 Å². The van der Waals surface area contributed by atoms with Gasteiger partial charge in [-0.3, -0.25) is 19.3 Å². The Balaban J connectivity index is 1.80.